The number of carbonyl (C=O) groups is 1. The Labute approximate surface area is 174 Å². The predicted molar refractivity (Wildman–Crippen MR) is 118 cm³/mol. The predicted octanol–water partition coefficient (Wildman–Crippen LogP) is 6.97. The number of unbranched alkanes of at least 4 members (excludes halogenated alkanes) is 12. The molecule has 1 unspecified atom stereocenters. The minimum absolute atomic E-state index is 0.174. The summed E-state index contributed by atoms with van der Waals surface area (Å²) >= 11 is 0. The molecule has 28 heavy (non-hydrogen) atoms. The van der Waals surface area contributed by atoms with Gasteiger partial charge in [-0.25, -0.2) is 0 Å². The number of hydrogen-bond acceptors (Lipinski definition) is 3. The van der Waals surface area contributed by atoms with Crippen LogP contribution in [0.15, 0.2) is 12.7 Å². The summed E-state index contributed by atoms with van der Waals surface area (Å²) < 4.78 is 5.32. The van der Waals surface area contributed by atoms with E-state index in [-0.39, 0.29) is 23.9 Å². The normalized spacial score (nSPS) is 23.0. The largest absolute Gasteiger partial charge is 0.460 e. The number of carbonyl (C=O) groups excluding carboxylic acids is 1. The van der Waals surface area contributed by atoms with E-state index in [0.717, 1.165) is 25.7 Å². The van der Waals surface area contributed by atoms with Gasteiger partial charge in [0.2, 0.25) is 0 Å². The molecule has 0 radical (unpaired) electrons. The molecular formula is C25H46O3. The molecule has 0 saturated carbocycles. The molecule has 1 aliphatic heterocycles. The molecule has 0 spiro atoms. The lowest BCUT2D eigenvalue weighted by Gasteiger charge is -2.23. The van der Waals surface area contributed by atoms with E-state index in [1.165, 1.54) is 77.0 Å². The first-order chi connectivity index (χ1) is 13.6. The number of aliphatic hydroxyl groups is 1. The van der Waals surface area contributed by atoms with Crippen LogP contribution in [0.5, 0.6) is 0 Å². The molecule has 0 aromatic heterocycles. The van der Waals surface area contributed by atoms with Crippen molar-refractivity contribution in [2.45, 2.75) is 129 Å². The molecule has 0 aromatic carbocycles. The van der Waals surface area contributed by atoms with Crippen LogP contribution < -0.4 is 0 Å². The van der Waals surface area contributed by atoms with Gasteiger partial charge in [0.1, 0.15) is 12.2 Å². The maximum absolute atomic E-state index is 12.3. The van der Waals surface area contributed by atoms with E-state index in [1.807, 2.05) is 13.0 Å². The fourth-order valence-corrected chi connectivity index (χ4v) is 4.50. The summed E-state index contributed by atoms with van der Waals surface area (Å²) in [5, 5.41) is 10.5. The standard InChI is InChI=1S/C25H46O3/c1-4-6-8-10-12-13-14-16-18-20-22(19-17-15-11-9-7-5-2)23-24(26)21(3)28-25(23)27/h5,21-24,26H,2,4,6-20H2,1,3H3/t21-,22?,23+,24+/m1/s1. The Morgan fingerprint density at radius 2 is 1.43 bits per heavy atom. The Morgan fingerprint density at radius 1 is 0.929 bits per heavy atom. The van der Waals surface area contributed by atoms with Crippen molar-refractivity contribution in [2.75, 3.05) is 0 Å². The zero-order valence-electron chi connectivity index (χ0n) is 18.7. The zero-order valence-corrected chi connectivity index (χ0v) is 18.7. The first kappa shape index (κ1) is 25.2. The molecule has 4 atom stereocenters. The number of aliphatic hydroxyl groups excluding tert-OH is 1. The van der Waals surface area contributed by atoms with E-state index in [0.29, 0.717) is 0 Å². The van der Waals surface area contributed by atoms with E-state index in [9.17, 15) is 9.90 Å². The van der Waals surface area contributed by atoms with Gasteiger partial charge in [-0.15, -0.1) is 6.58 Å². The number of rotatable bonds is 18. The maximum Gasteiger partial charge on any atom is 0.312 e. The number of hydrogen-bond donors (Lipinski definition) is 1. The molecule has 3 nitrogen and oxygen atoms in total. The van der Waals surface area contributed by atoms with Gasteiger partial charge in [-0.3, -0.25) is 4.79 Å². The molecule has 0 amide bonds. The second-order valence-electron chi connectivity index (χ2n) is 8.82. The molecular weight excluding hydrogens is 348 g/mol. The third-order valence-corrected chi connectivity index (χ3v) is 6.34. The van der Waals surface area contributed by atoms with Crippen molar-refractivity contribution in [3.8, 4) is 0 Å². The van der Waals surface area contributed by atoms with Gasteiger partial charge in [0.05, 0.1) is 5.92 Å². The molecule has 3 heteroatoms. The zero-order chi connectivity index (χ0) is 20.6. The smallest absolute Gasteiger partial charge is 0.312 e. The fourth-order valence-electron chi connectivity index (χ4n) is 4.50. The van der Waals surface area contributed by atoms with Gasteiger partial charge < -0.3 is 9.84 Å². The Morgan fingerprint density at radius 3 is 1.89 bits per heavy atom. The second-order valence-corrected chi connectivity index (χ2v) is 8.82. The van der Waals surface area contributed by atoms with Crippen LogP contribution in [-0.4, -0.2) is 23.3 Å². The van der Waals surface area contributed by atoms with E-state index in [1.54, 1.807) is 0 Å². The van der Waals surface area contributed by atoms with Gasteiger partial charge in [-0.2, -0.15) is 0 Å². The van der Waals surface area contributed by atoms with Crippen LogP contribution in [0.1, 0.15) is 117 Å². The molecule has 1 N–H and O–H groups in total. The number of cyclic esters (lactones) is 1. The average molecular weight is 395 g/mol. The number of allylic oxidation sites excluding steroid dienone is 1. The highest BCUT2D eigenvalue weighted by Gasteiger charge is 2.45. The molecule has 0 aliphatic carbocycles. The van der Waals surface area contributed by atoms with Gasteiger partial charge in [0.25, 0.3) is 0 Å². The van der Waals surface area contributed by atoms with Crippen molar-refractivity contribution in [3.05, 3.63) is 12.7 Å². The third-order valence-electron chi connectivity index (χ3n) is 6.34. The maximum atomic E-state index is 12.3. The van der Waals surface area contributed by atoms with Gasteiger partial charge in [-0.05, 0) is 38.5 Å². The molecule has 1 aliphatic rings. The van der Waals surface area contributed by atoms with Gasteiger partial charge in [0, 0.05) is 0 Å². The molecule has 0 aromatic rings. The Balaban J connectivity index is 2.31. The van der Waals surface area contributed by atoms with Crippen LogP contribution in [0.3, 0.4) is 0 Å². The highest BCUT2D eigenvalue weighted by molar-refractivity contribution is 5.76. The van der Waals surface area contributed by atoms with Crippen molar-refractivity contribution in [1.82, 2.24) is 0 Å². The van der Waals surface area contributed by atoms with Crippen LogP contribution in [0, 0.1) is 11.8 Å². The van der Waals surface area contributed by atoms with Gasteiger partial charge in [0.15, 0.2) is 0 Å². The average Bonchev–Trinajstić information content (AvgIpc) is 2.93. The van der Waals surface area contributed by atoms with E-state index in [4.69, 9.17) is 4.74 Å². The van der Waals surface area contributed by atoms with Crippen molar-refractivity contribution < 1.29 is 14.6 Å². The summed E-state index contributed by atoms with van der Waals surface area (Å²) in [6.07, 6.45) is 20.8. The summed E-state index contributed by atoms with van der Waals surface area (Å²) in [6.45, 7) is 7.85. The van der Waals surface area contributed by atoms with Crippen molar-refractivity contribution in [3.63, 3.8) is 0 Å². The monoisotopic (exact) mass is 394 g/mol. The van der Waals surface area contributed by atoms with E-state index < -0.39 is 6.10 Å². The Hall–Kier alpha value is -0.830. The Bertz CT molecular complexity index is 407. The van der Waals surface area contributed by atoms with Crippen LogP contribution in [0.2, 0.25) is 0 Å². The summed E-state index contributed by atoms with van der Waals surface area (Å²) in [5.41, 5.74) is 0. The molecule has 1 fully saturated rings. The quantitative estimate of drug-likeness (QED) is 0.155. The Kier molecular flexibility index (Phi) is 14.4. The summed E-state index contributed by atoms with van der Waals surface area (Å²) in [7, 11) is 0. The fraction of sp³-hybridized carbons (Fsp3) is 0.880. The van der Waals surface area contributed by atoms with E-state index in [2.05, 4.69) is 13.5 Å². The molecule has 164 valence electrons. The first-order valence-corrected chi connectivity index (χ1v) is 12.1. The highest BCUT2D eigenvalue weighted by atomic mass is 16.6. The molecule has 1 saturated heterocycles. The van der Waals surface area contributed by atoms with Crippen LogP contribution in [-0.2, 0) is 9.53 Å². The van der Waals surface area contributed by atoms with E-state index >= 15 is 0 Å². The SMILES string of the molecule is C=CCCCCCCC(CCCCCCCCCCC)[C@@H]1C(=O)O[C@H](C)[C@@H]1O. The lowest BCUT2D eigenvalue weighted by molar-refractivity contribution is -0.145. The highest BCUT2D eigenvalue weighted by Crippen LogP contribution is 2.35. The summed E-state index contributed by atoms with van der Waals surface area (Å²) in [5.74, 6) is -0.207. The summed E-state index contributed by atoms with van der Waals surface area (Å²) in [4.78, 5) is 12.3. The lowest BCUT2D eigenvalue weighted by atomic mass is 9.80. The third kappa shape index (κ3) is 10.1. The van der Waals surface area contributed by atoms with Crippen molar-refractivity contribution >= 4 is 5.97 Å². The minimum Gasteiger partial charge on any atom is -0.460 e. The van der Waals surface area contributed by atoms with Crippen molar-refractivity contribution in [1.29, 1.82) is 0 Å². The topological polar surface area (TPSA) is 46.5 Å². The molecule has 1 rings (SSSR count). The van der Waals surface area contributed by atoms with Crippen LogP contribution in [0.25, 0.3) is 0 Å². The minimum atomic E-state index is -0.628. The molecule has 0 bridgehead atoms. The van der Waals surface area contributed by atoms with Crippen LogP contribution >= 0.6 is 0 Å². The van der Waals surface area contributed by atoms with Gasteiger partial charge in [-0.1, -0.05) is 90.0 Å². The van der Waals surface area contributed by atoms with Crippen molar-refractivity contribution in [2.24, 2.45) is 11.8 Å². The number of ether oxygens (including phenoxy) is 1. The second kappa shape index (κ2) is 16.0. The lowest BCUT2D eigenvalue weighted by Crippen LogP contribution is -2.31. The number of esters is 1. The molecule has 1 heterocycles. The summed E-state index contributed by atoms with van der Waals surface area (Å²) in [6, 6.07) is 0. The van der Waals surface area contributed by atoms with Gasteiger partial charge >= 0.3 is 5.97 Å². The van der Waals surface area contributed by atoms with Crippen LogP contribution in [0.4, 0.5) is 0 Å². The first-order valence-electron chi connectivity index (χ1n) is 12.1.